The number of carbonyl (C=O) groups excluding carboxylic acids is 1. The lowest BCUT2D eigenvalue weighted by Gasteiger charge is -2.19. The second-order valence-electron chi connectivity index (χ2n) is 7.03. The third kappa shape index (κ3) is 8.21. The molecule has 0 bridgehead atoms. The topological polar surface area (TPSA) is 66.0 Å². The minimum atomic E-state index is 0.00753. The van der Waals surface area contributed by atoms with E-state index in [1.165, 1.54) is 12.8 Å². The minimum Gasteiger partial charge on any atom is -0.382 e. The van der Waals surface area contributed by atoms with Crippen molar-refractivity contribution in [2.75, 3.05) is 46.9 Å². The highest BCUT2D eigenvalue weighted by molar-refractivity contribution is 5.84. The van der Waals surface area contributed by atoms with Gasteiger partial charge in [-0.15, -0.1) is 0 Å². The Morgan fingerprint density at radius 1 is 1.30 bits per heavy atom. The zero-order valence-electron chi connectivity index (χ0n) is 15.4. The number of guanidine groups is 1. The van der Waals surface area contributed by atoms with Gasteiger partial charge in [-0.3, -0.25) is 4.79 Å². The van der Waals surface area contributed by atoms with Crippen molar-refractivity contribution in [3.05, 3.63) is 0 Å². The highest BCUT2D eigenvalue weighted by Crippen LogP contribution is 2.48. The maximum Gasteiger partial charge on any atom is 0.243 e. The van der Waals surface area contributed by atoms with Gasteiger partial charge < -0.3 is 20.3 Å². The van der Waals surface area contributed by atoms with Crippen molar-refractivity contribution in [2.45, 2.75) is 40.0 Å². The van der Waals surface area contributed by atoms with Gasteiger partial charge in [0.15, 0.2) is 5.96 Å². The number of carbonyl (C=O) groups is 1. The van der Waals surface area contributed by atoms with E-state index in [0.29, 0.717) is 11.3 Å². The van der Waals surface area contributed by atoms with Gasteiger partial charge in [-0.2, -0.15) is 0 Å². The van der Waals surface area contributed by atoms with Crippen LogP contribution in [0.25, 0.3) is 0 Å². The maximum absolute atomic E-state index is 11.7. The van der Waals surface area contributed by atoms with Gasteiger partial charge in [-0.1, -0.05) is 13.8 Å². The Hall–Kier alpha value is -1.30. The number of nitrogens with one attached hydrogen (secondary N) is 2. The Kier molecular flexibility index (Phi) is 8.37. The Labute approximate surface area is 141 Å². The molecule has 134 valence electrons. The van der Waals surface area contributed by atoms with Crippen molar-refractivity contribution in [1.82, 2.24) is 15.5 Å². The van der Waals surface area contributed by atoms with E-state index in [-0.39, 0.29) is 12.5 Å². The number of aliphatic imine (C=N–C) groups is 1. The SMILES string of the molecule is CCOCCC1(CNC(=NCC(=O)N(C)C)NCC(C)C)CC1. The van der Waals surface area contributed by atoms with Crippen LogP contribution < -0.4 is 10.6 Å². The molecule has 0 aromatic heterocycles. The highest BCUT2D eigenvalue weighted by atomic mass is 16.5. The molecular formula is C17H34N4O2. The summed E-state index contributed by atoms with van der Waals surface area (Å²) in [6.45, 7) is 9.84. The summed E-state index contributed by atoms with van der Waals surface area (Å²) in [7, 11) is 3.50. The van der Waals surface area contributed by atoms with Gasteiger partial charge in [-0.05, 0) is 37.5 Å². The van der Waals surface area contributed by atoms with Crippen LogP contribution in [0.5, 0.6) is 0 Å². The fraction of sp³-hybridized carbons (Fsp3) is 0.882. The smallest absolute Gasteiger partial charge is 0.243 e. The average Bonchev–Trinajstić information content (AvgIpc) is 3.26. The number of amides is 1. The molecule has 0 spiro atoms. The number of nitrogens with zero attached hydrogens (tertiary/aromatic N) is 2. The van der Waals surface area contributed by atoms with Crippen molar-refractivity contribution in [3.8, 4) is 0 Å². The fourth-order valence-electron chi connectivity index (χ4n) is 2.16. The number of likely N-dealkylation sites (N-methyl/N-ethyl adjacent to an activating group) is 1. The Bertz CT molecular complexity index is 390. The van der Waals surface area contributed by atoms with Gasteiger partial charge in [0.1, 0.15) is 6.54 Å². The number of hydrogen-bond acceptors (Lipinski definition) is 3. The molecule has 0 radical (unpaired) electrons. The van der Waals surface area contributed by atoms with Crippen LogP contribution in [0, 0.1) is 11.3 Å². The van der Waals surface area contributed by atoms with Crippen LogP contribution in [-0.2, 0) is 9.53 Å². The van der Waals surface area contributed by atoms with E-state index in [1.807, 2.05) is 6.92 Å². The Balaban J connectivity index is 2.48. The Morgan fingerprint density at radius 3 is 2.52 bits per heavy atom. The molecule has 2 N–H and O–H groups in total. The molecule has 1 aliphatic rings. The first kappa shape index (κ1) is 19.7. The van der Waals surface area contributed by atoms with Crippen LogP contribution in [0.4, 0.5) is 0 Å². The zero-order valence-corrected chi connectivity index (χ0v) is 15.4. The molecule has 1 amide bonds. The van der Waals surface area contributed by atoms with Crippen molar-refractivity contribution in [1.29, 1.82) is 0 Å². The van der Waals surface area contributed by atoms with E-state index >= 15 is 0 Å². The van der Waals surface area contributed by atoms with Gasteiger partial charge in [0.05, 0.1) is 0 Å². The lowest BCUT2D eigenvalue weighted by atomic mass is 10.0. The molecule has 0 aromatic rings. The van der Waals surface area contributed by atoms with Gasteiger partial charge in [0, 0.05) is 40.4 Å². The van der Waals surface area contributed by atoms with E-state index in [4.69, 9.17) is 4.74 Å². The van der Waals surface area contributed by atoms with E-state index in [1.54, 1.807) is 19.0 Å². The molecule has 1 saturated carbocycles. The summed E-state index contributed by atoms with van der Waals surface area (Å²) in [4.78, 5) is 17.7. The molecule has 6 heteroatoms. The van der Waals surface area contributed by atoms with Crippen molar-refractivity contribution >= 4 is 11.9 Å². The summed E-state index contributed by atoms with van der Waals surface area (Å²) in [5, 5.41) is 6.73. The highest BCUT2D eigenvalue weighted by Gasteiger charge is 2.41. The maximum atomic E-state index is 11.7. The fourth-order valence-corrected chi connectivity index (χ4v) is 2.16. The normalized spacial score (nSPS) is 16.3. The van der Waals surface area contributed by atoms with Crippen LogP contribution in [0.2, 0.25) is 0 Å². The second-order valence-corrected chi connectivity index (χ2v) is 7.03. The van der Waals surface area contributed by atoms with E-state index in [9.17, 15) is 4.79 Å². The third-order valence-electron chi connectivity index (χ3n) is 4.12. The van der Waals surface area contributed by atoms with Gasteiger partial charge >= 0.3 is 0 Å². The molecule has 1 rings (SSSR count). The molecule has 23 heavy (non-hydrogen) atoms. The van der Waals surface area contributed by atoms with E-state index in [0.717, 1.165) is 38.7 Å². The standard InChI is InChI=1S/C17H34N4O2/c1-6-23-10-9-17(7-8-17)13-20-16(18-11-14(2)3)19-12-15(22)21(4)5/h14H,6-13H2,1-5H3,(H2,18,19,20). The first-order valence-electron chi connectivity index (χ1n) is 8.68. The van der Waals surface area contributed by atoms with Crippen LogP contribution in [0.1, 0.15) is 40.0 Å². The monoisotopic (exact) mass is 326 g/mol. The molecule has 0 saturated heterocycles. The van der Waals surface area contributed by atoms with Gasteiger partial charge in [0.25, 0.3) is 0 Å². The predicted octanol–water partition coefficient (Wildman–Crippen LogP) is 1.47. The van der Waals surface area contributed by atoms with Crippen LogP contribution in [0.3, 0.4) is 0 Å². The van der Waals surface area contributed by atoms with Crippen molar-refractivity contribution in [3.63, 3.8) is 0 Å². The van der Waals surface area contributed by atoms with Gasteiger partial charge in [-0.25, -0.2) is 4.99 Å². The van der Waals surface area contributed by atoms with Crippen molar-refractivity contribution < 1.29 is 9.53 Å². The predicted molar refractivity (Wildman–Crippen MR) is 94.6 cm³/mol. The molecule has 0 atom stereocenters. The number of rotatable bonds is 10. The Morgan fingerprint density at radius 2 is 2.00 bits per heavy atom. The van der Waals surface area contributed by atoms with Gasteiger partial charge in [0.2, 0.25) is 5.91 Å². The molecule has 0 aliphatic heterocycles. The second kappa shape index (κ2) is 9.75. The summed E-state index contributed by atoms with van der Waals surface area (Å²) in [6, 6.07) is 0. The summed E-state index contributed by atoms with van der Waals surface area (Å²) in [5.41, 5.74) is 0.348. The third-order valence-corrected chi connectivity index (χ3v) is 4.12. The first-order valence-corrected chi connectivity index (χ1v) is 8.68. The van der Waals surface area contributed by atoms with E-state index in [2.05, 4.69) is 29.5 Å². The first-order chi connectivity index (χ1) is 10.9. The number of hydrogen-bond donors (Lipinski definition) is 2. The largest absolute Gasteiger partial charge is 0.382 e. The molecule has 1 fully saturated rings. The minimum absolute atomic E-state index is 0.00753. The van der Waals surface area contributed by atoms with Crippen LogP contribution >= 0.6 is 0 Å². The molecular weight excluding hydrogens is 292 g/mol. The lowest BCUT2D eigenvalue weighted by molar-refractivity contribution is -0.127. The molecule has 6 nitrogen and oxygen atoms in total. The summed E-state index contributed by atoms with van der Waals surface area (Å²) < 4.78 is 5.48. The molecule has 0 heterocycles. The summed E-state index contributed by atoms with van der Waals surface area (Å²) in [5.74, 6) is 1.27. The average molecular weight is 326 g/mol. The van der Waals surface area contributed by atoms with Crippen LogP contribution in [-0.4, -0.2) is 63.7 Å². The summed E-state index contributed by atoms with van der Waals surface area (Å²) >= 11 is 0. The molecule has 1 aliphatic carbocycles. The molecule has 0 aromatic carbocycles. The van der Waals surface area contributed by atoms with Crippen molar-refractivity contribution in [2.24, 2.45) is 16.3 Å². The zero-order chi connectivity index (χ0) is 17.3. The lowest BCUT2D eigenvalue weighted by Crippen LogP contribution is -2.42. The number of ether oxygens (including phenoxy) is 1. The summed E-state index contributed by atoms with van der Waals surface area (Å²) in [6.07, 6.45) is 3.56. The quantitative estimate of drug-likeness (QED) is 0.362. The molecule has 0 unspecified atom stereocenters. The van der Waals surface area contributed by atoms with E-state index < -0.39 is 0 Å². The van der Waals surface area contributed by atoms with Crippen LogP contribution in [0.15, 0.2) is 4.99 Å².